The molecule has 0 aromatic heterocycles. The molecule has 1 nitrogen and oxygen atoms in total. The van der Waals surface area contributed by atoms with Gasteiger partial charge in [-0.2, -0.15) is 0 Å². The minimum atomic E-state index is -0.880. The second kappa shape index (κ2) is 5.17. The molecule has 82 valence electrons. The predicted octanol–water partition coefficient (Wildman–Crippen LogP) is 2.81. The Kier molecular flexibility index (Phi) is 4.15. The fourth-order valence-electron chi connectivity index (χ4n) is 1.71. The van der Waals surface area contributed by atoms with Gasteiger partial charge in [0.15, 0.2) is 0 Å². The molecule has 0 heterocycles. The standard InChI is InChI=1S/C13H20OSi/c1-6-11-8-7-9-12(14-10(2)3)13(11)15(4)5/h6-10,15H,1H2,2-5H3. The molecule has 0 aliphatic carbocycles. The highest BCUT2D eigenvalue weighted by Gasteiger charge is 2.12. The van der Waals surface area contributed by atoms with E-state index in [4.69, 9.17) is 4.74 Å². The third kappa shape index (κ3) is 2.96. The summed E-state index contributed by atoms with van der Waals surface area (Å²) in [7, 11) is -0.880. The van der Waals surface area contributed by atoms with Crippen molar-refractivity contribution in [2.24, 2.45) is 0 Å². The first kappa shape index (κ1) is 12.0. The van der Waals surface area contributed by atoms with E-state index in [0.717, 1.165) is 5.75 Å². The molecule has 0 aliphatic heterocycles. The summed E-state index contributed by atoms with van der Waals surface area (Å²) in [6, 6.07) is 6.22. The number of rotatable bonds is 4. The number of benzene rings is 1. The normalized spacial score (nSPS) is 10.8. The molecule has 1 rings (SSSR count). The van der Waals surface area contributed by atoms with E-state index in [1.54, 1.807) is 0 Å². The van der Waals surface area contributed by atoms with Crippen molar-refractivity contribution in [2.75, 3.05) is 0 Å². The second-order valence-corrected chi connectivity index (χ2v) is 7.17. The van der Waals surface area contributed by atoms with Gasteiger partial charge in [0.05, 0.1) is 14.9 Å². The van der Waals surface area contributed by atoms with Gasteiger partial charge in [-0.15, -0.1) is 0 Å². The Balaban J connectivity index is 3.19. The van der Waals surface area contributed by atoms with Crippen molar-refractivity contribution in [3.63, 3.8) is 0 Å². The molecule has 0 unspecified atom stereocenters. The fourth-order valence-corrected chi connectivity index (χ4v) is 3.33. The largest absolute Gasteiger partial charge is 0.491 e. The van der Waals surface area contributed by atoms with E-state index < -0.39 is 8.80 Å². The van der Waals surface area contributed by atoms with Gasteiger partial charge in [0, 0.05) is 0 Å². The highest BCUT2D eigenvalue weighted by Crippen LogP contribution is 2.14. The van der Waals surface area contributed by atoms with Crippen LogP contribution in [-0.2, 0) is 0 Å². The molecule has 1 aromatic carbocycles. The average molecular weight is 220 g/mol. The summed E-state index contributed by atoms with van der Waals surface area (Å²) in [5.41, 5.74) is 1.23. The Hall–Kier alpha value is -1.02. The van der Waals surface area contributed by atoms with Crippen LogP contribution < -0.4 is 9.92 Å². The molecule has 0 amide bonds. The first-order valence-electron chi connectivity index (χ1n) is 5.48. The minimum absolute atomic E-state index is 0.233. The SMILES string of the molecule is C=Cc1cccc(OC(C)C)c1[SiH](C)C. The van der Waals surface area contributed by atoms with Crippen LogP contribution in [0.15, 0.2) is 24.8 Å². The highest BCUT2D eigenvalue weighted by molar-refractivity contribution is 6.72. The minimum Gasteiger partial charge on any atom is -0.491 e. The van der Waals surface area contributed by atoms with Crippen molar-refractivity contribution in [3.8, 4) is 5.75 Å². The molecule has 0 spiro atoms. The Morgan fingerprint density at radius 3 is 2.47 bits per heavy atom. The Morgan fingerprint density at radius 2 is 2.00 bits per heavy atom. The van der Waals surface area contributed by atoms with Crippen LogP contribution in [0.1, 0.15) is 19.4 Å². The van der Waals surface area contributed by atoms with Crippen molar-refractivity contribution in [1.82, 2.24) is 0 Å². The van der Waals surface area contributed by atoms with Crippen LogP contribution >= 0.6 is 0 Å². The second-order valence-electron chi connectivity index (χ2n) is 4.28. The van der Waals surface area contributed by atoms with Crippen LogP contribution in [0, 0.1) is 0 Å². The maximum Gasteiger partial charge on any atom is 0.119 e. The van der Waals surface area contributed by atoms with Crippen LogP contribution in [0.25, 0.3) is 6.08 Å². The zero-order valence-electron chi connectivity index (χ0n) is 10.1. The highest BCUT2D eigenvalue weighted by atomic mass is 28.3. The van der Waals surface area contributed by atoms with Crippen molar-refractivity contribution in [3.05, 3.63) is 30.3 Å². The van der Waals surface area contributed by atoms with Gasteiger partial charge in [-0.05, 0) is 30.7 Å². The van der Waals surface area contributed by atoms with E-state index in [0.29, 0.717) is 0 Å². The van der Waals surface area contributed by atoms with Crippen molar-refractivity contribution in [1.29, 1.82) is 0 Å². The first-order valence-corrected chi connectivity index (χ1v) is 8.37. The van der Waals surface area contributed by atoms with Crippen LogP contribution in [0.5, 0.6) is 5.75 Å². The fraction of sp³-hybridized carbons (Fsp3) is 0.385. The molecule has 0 N–H and O–H groups in total. The van der Waals surface area contributed by atoms with E-state index in [-0.39, 0.29) is 6.10 Å². The average Bonchev–Trinajstić information content (AvgIpc) is 2.15. The van der Waals surface area contributed by atoms with Crippen molar-refractivity contribution < 1.29 is 4.74 Å². The van der Waals surface area contributed by atoms with Crippen LogP contribution in [0.3, 0.4) is 0 Å². The van der Waals surface area contributed by atoms with Gasteiger partial charge in [-0.1, -0.05) is 37.9 Å². The topological polar surface area (TPSA) is 9.23 Å². The van der Waals surface area contributed by atoms with E-state index in [1.165, 1.54) is 10.8 Å². The summed E-state index contributed by atoms with van der Waals surface area (Å²) >= 11 is 0. The van der Waals surface area contributed by atoms with E-state index in [2.05, 4.69) is 45.7 Å². The third-order valence-electron chi connectivity index (χ3n) is 2.26. The van der Waals surface area contributed by atoms with Crippen LogP contribution in [0.4, 0.5) is 0 Å². The monoisotopic (exact) mass is 220 g/mol. The summed E-state index contributed by atoms with van der Waals surface area (Å²) in [5, 5.41) is 1.39. The molecule has 2 heteroatoms. The maximum absolute atomic E-state index is 5.84. The molecule has 1 aromatic rings. The Labute approximate surface area is 94.4 Å². The van der Waals surface area contributed by atoms with Gasteiger partial charge in [0.2, 0.25) is 0 Å². The molecule has 0 atom stereocenters. The Morgan fingerprint density at radius 1 is 1.33 bits per heavy atom. The first-order chi connectivity index (χ1) is 7.06. The number of ether oxygens (including phenoxy) is 1. The lowest BCUT2D eigenvalue weighted by Crippen LogP contribution is -2.28. The Bertz CT molecular complexity index is 342. The number of hydrogen-bond donors (Lipinski definition) is 0. The quantitative estimate of drug-likeness (QED) is 0.709. The lowest BCUT2D eigenvalue weighted by molar-refractivity contribution is 0.244. The zero-order valence-corrected chi connectivity index (χ0v) is 11.2. The molecule has 0 saturated heterocycles. The van der Waals surface area contributed by atoms with Gasteiger partial charge in [0.1, 0.15) is 5.75 Å². The van der Waals surface area contributed by atoms with Crippen LogP contribution in [-0.4, -0.2) is 14.9 Å². The lowest BCUT2D eigenvalue weighted by atomic mass is 10.2. The van der Waals surface area contributed by atoms with Crippen molar-refractivity contribution in [2.45, 2.75) is 33.0 Å². The molecule has 0 saturated carbocycles. The summed E-state index contributed by atoms with van der Waals surface area (Å²) in [4.78, 5) is 0. The van der Waals surface area contributed by atoms with Gasteiger partial charge in [-0.25, -0.2) is 0 Å². The molecular formula is C13H20OSi. The lowest BCUT2D eigenvalue weighted by Gasteiger charge is -2.18. The van der Waals surface area contributed by atoms with E-state index >= 15 is 0 Å². The smallest absolute Gasteiger partial charge is 0.119 e. The number of hydrogen-bond acceptors (Lipinski definition) is 1. The summed E-state index contributed by atoms with van der Waals surface area (Å²) in [6.07, 6.45) is 2.16. The molecule has 0 radical (unpaired) electrons. The van der Waals surface area contributed by atoms with Gasteiger partial charge in [-0.3, -0.25) is 0 Å². The van der Waals surface area contributed by atoms with Crippen LogP contribution in [0.2, 0.25) is 13.1 Å². The van der Waals surface area contributed by atoms with Gasteiger partial charge in [0.25, 0.3) is 0 Å². The summed E-state index contributed by atoms with van der Waals surface area (Å²) in [6.45, 7) is 12.6. The third-order valence-corrected chi connectivity index (χ3v) is 4.03. The zero-order chi connectivity index (χ0) is 11.4. The molecule has 15 heavy (non-hydrogen) atoms. The predicted molar refractivity (Wildman–Crippen MR) is 70.8 cm³/mol. The molecular weight excluding hydrogens is 200 g/mol. The van der Waals surface area contributed by atoms with Gasteiger partial charge >= 0.3 is 0 Å². The molecule has 0 fully saturated rings. The van der Waals surface area contributed by atoms with Gasteiger partial charge < -0.3 is 4.74 Å². The van der Waals surface area contributed by atoms with E-state index in [1.807, 2.05) is 12.1 Å². The van der Waals surface area contributed by atoms with Crippen molar-refractivity contribution >= 4 is 20.1 Å². The summed E-state index contributed by atoms with van der Waals surface area (Å²) in [5.74, 6) is 1.05. The summed E-state index contributed by atoms with van der Waals surface area (Å²) < 4.78 is 5.84. The van der Waals surface area contributed by atoms with E-state index in [9.17, 15) is 0 Å². The molecule has 0 bridgehead atoms. The maximum atomic E-state index is 5.84. The molecule has 0 aliphatic rings.